The average molecular weight is 602 g/mol. The van der Waals surface area contributed by atoms with Crippen LogP contribution >= 0.6 is 0 Å². The van der Waals surface area contributed by atoms with Crippen molar-refractivity contribution in [1.82, 2.24) is 0 Å². The van der Waals surface area contributed by atoms with Gasteiger partial charge in [-0.3, -0.25) is 0 Å². The quantitative estimate of drug-likeness (QED) is 0.201. The molecule has 0 spiro atoms. The van der Waals surface area contributed by atoms with Crippen LogP contribution in [-0.4, -0.2) is 0 Å². The van der Waals surface area contributed by atoms with E-state index >= 15 is 0 Å². The van der Waals surface area contributed by atoms with E-state index in [1.165, 1.54) is 16.2 Å². The second-order valence-electron chi connectivity index (χ2n) is 12.1. The molecule has 47 heavy (non-hydrogen) atoms. The summed E-state index contributed by atoms with van der Waals surface area (Å²) < 4.78 is 12.7. The first-order chi connectivity index (χ1) is 23.3. The molecule has 10 rings (SSSR count). The molecule has 220 valence electrons. The van der Waals surface area contributed by atoms with Crippen molar-refractivity contribution in [3.8, 4) is 11.1 Å². The van der Waals surface area contributed by atoms with Gasteiger partial charge in [0, 0.05) is 43.6 Å². The van der Waals surface area contributed by atoms with Crippen LogP contribution in [-0.2, 0) is 0 Å². The summed E-state index contributed by atoms with van der Waals surface area (Å²) in [6, 6.07) is 58.0. The molecule has 0 bridgehead atoms. The molecule has 0 N–H and O–H groups in total. The van der Waals surface area contributed by atoms with Crippen molar-refractivity contribution in [2.45, 2.75) is 0 Å². The van der Waals surface area contributed by atoms with E-state index in [4.69, 9.17) is 8.83 Å². The van der Waals surface area contributed by atoms with Crippen LogP contribution in [0.4, 0.5) is 17.1 Å². The number of benzene rings is 8. The highest BCUT2D eigenvalue weighted by Crippen LogP contribution is 2.46. The van der Waals surface area contributed by atoms with Gasteiger partial charge in [-0.15, -0.1) is 0 Å². The van der Waals surface area contributed by atoms with Gasteiger partial charge in [0.1, 0.15) is 22.3 Å². The van der Waals surface area contributed by atoms with Crippen molar-refractivity contribution < 1.29 is 8.83 Å². The van der Waals surface area contributed by atoms with Crippen LogP contribution in [0.2, 0.25) is 0 Å². The highest BCUT2D eigenvalue weighted by atomic mass is 16.3. The molecule has 0 atom stereocenters. The second-order valence-corrected chi connectivity index (χ2v) is 12.1. The van der Waals surface area contributed by atoms with Gasteiger partial charge < -0.3 is 13.7 Å². The van der Waals surface area contributed by atoms with Crippen molar-refractivity contribution in [1.29, 1.82) is 0 Å². The molecule has 0 fully saturated rings. The predicted octanol–water partition coefficient (Wildman–Crippen LogP) is 12.9. The van der Waals surface area contributed by atoms with Crippen molar-refractivity contribution >= 4 is 82.5 Å². The molecular weight excluding hydrogens is 574 g/mol. The van der Waals surface area contributed by atoms with E-state index in [9.17, 15) is 0 Å². The molecule has 2 heterocycles. The van der Waals surface area contributed by atoms with E-state index < -0.39 is 0 Å². The molecule has 2 aromatic heterocycles. The molecular formula is C44H27NO2. The first kappa shape index (κ1) is 26.0. The predicted molar refractivity (Wildman–Crippen MR) is 196 cm³/mol. The third-order valence-corrected chi connectivity index (χ3v) is 9.44. The number of anilines is 3. The average Bonchev–Trinajstić information content (AvgIpc) is 3.70. The lowest BCUT2D eigenvalue weighted by Crippen LogP contribution is -2.11. The van der Waals surface area contributed by atoms with Crippen molar-refractivity contribution in [2.75, 3.05) is 4.90 Å². The van der Waals surface area contributed by atoms with Crippen LogP contribution < -0.4 is 4.90 Å². The molecule has 0 aliphatic carbocycles. The van der Waals surface area contributed by atoms with Gasteiger partial charge in [-0.05, 0) is 70.9 Å². The SMILES string of the molecule is c1ccc(N(c2ccc3oc4ccccc4c3c2)c2cccc3ccccc23)c(-c2ccc3oc4c5ccccc5ccc4c3c2)c1. The fourth-order valence-electron chi connectivity index (χ4n) is 7.25. The van der Waals surface area contributed by atoms with E-state index in [0.717, 1.165) is 77.5 Å². The fraction of sp³-hybridized carbons (Fsp3) is 0. The van der Waals surface area contributed by atoms with Crippen LogP contribution in [0, 0.1) is 0 Å². The largest absolute Gasteiger partial charge is 0.456 e. The van der Waals surface area contributed by atoms with Gasteiger partial charge in [0.2, 0.25) is 0 Å². The van der Waals surface area contributed by atoms with Crippen molar-refractivity contribution in [3.63, 3.8) is 0 Å². The molecule has 8 aromatic carbocycles. The Morgan fingerprint density at radius 1 is 0.362 bits per heavy atom. The number of rotatable bonds is 4. The molecule has 0 aliphatic rings. The van der Waals surface area contributed by atoms with Crippen LogP contribution in [0.15, 0.2) is 173 Å². The van der Waals surface area contributed by atoms with Gasteiger partial charge in [-0.1, -0.05) is 109 Å². The van der Waals surface area contributed by atoms with Gasteiger partial charge in [-0.2, -0.15) is 0 Å². The lowest BCUT2D eigenvalue weighted by Gasteiger charge is -2.29. The minimum atomic E-state index is 0.880. The van der Waals surface area contributed by atoms with Gasteiger partial charge in [0.05, 0.1) is 11.4 Å². The minimum absolute atomic E-state index is 0.880. The first-order valence-electron chi connectivity index (χ1n) is 15.9. The van der Waals surface area contributed by atoms with E-state index in [-0.39, 0.29) is 0 Å². The monoisotopic (exact) mass is 601 g/mol. The standard InChI is InChI=1S/C44H27NO2/c1-3-13-32-28(10-1)12-9-18-40(32)45(31-22-25-42-38(27-31)35-16-6-8-19-41(35)46-42)39-17-7-5-14-33(39)30-21-24-43-37(26-30)36-23-20-29-11-2-4-15-34(29)44(36)47-43/h1-27H. The van der Waals surface area contributed by atoms with E-state index in [0.29, 0.717) is 0 Å². The Morgan fingerprint density at radius 2 is 1.00 bits per heavy atom. The maximum atomic E-state index is 6.47. The Labute approximate surface area is 270 Å². The summed E-state index contributed by atoms with van der Waals surface area (Å²) in [5.41, 5.74) is 9.13. The Morgan fingerprint density at radius 3 is 1.91 bits per heavy atom. The highest BCUT2D eigenvalue weighted by molar-refractivity contribution is 6.16. The summed E-state index contributed by atoms with van der Waals surface area (Å²) in [6.45, 7) is 0. The smallest absolute Gasteiger partial charge is 0.143 e. The summed E-state index contributed by atoms with van der Waals surface area (Å²) in [5.74, 6) is 0. The minimum Gasteiger partial charge on any atom is -0.456 e. The zero-order valence-corrected chi connectivity index (χ0v) is 25.4. The third-order valence-electron chi connectivity index (χ3n) is 9.44. The van der Waals surface area contributed by atoms with Crippen molar-refractivity contribution in [2.24, 2.45) is 0 Å². The molecule has 3 nitrogen and oxygen atoms in total. The lowest BCUT2D eigenvalue weighted by molar-refractivity contribution is 0.669. The lowest BCUT2D eigenvalue weighted by atomic mass is 9.98. The Bertz CT molecular complexity index is 2820. The molecule has 0 saturated carbocycles. The third kappa shape index (κ3) is 4.00. The van der Waals surface area contributed by atoms with Gasteiger partial charge in [0.15, 0.2) is 0 Å². The number of fused-ring (bicyclic) bond motifs is 9. The summed E-state index contributed by atoms with van der Waals surface area (Å²) >= 11 is 0. The summed E-state index contributed by atoms with van der Waals surface area (Å²) in [6.07, 6.45) is 0. The van der Waals surface area contributed by atoms with Crippen molar-refractivity contribution in [3.05, 3.63) is 164 Å². The summed E-state index contributed by atoms with van der Waals surface area (Å²) in [4.78, 5) is 2.39. The molecule has 0 radical (unpaired) electrons. The molecule has 0 amide bonds. The molecule has 3 heteroatoms. The van der Waals surface area contributed by atoms with Crippen LogP contribution in [0.25, 0.3) is 76.5 Å². The summed E-state index contributed by atoms with van der Waals surface area (Å²) in [5, 5.41) is 9.14. The fourth-order valence-corrected chi connectivity index (χ4v) is 7.25. The number of hydrogen-bond acceptors (Lipinski definition) is 3. The Kier molecular flexibility index (Phi) is 5.57. The first-order valence-corrected chi connectivity index (χ1v) is 15.9. The number of nitrogens with zero attached hydrogens (tertiary/aromatic N) is 1. The zero-order valence-electron chi connectivity index (χ0n) is 25.4. The van der Waals surface area contributed by atoms with Crippen LogP contribution in [0.5, 0.6) is 0 Å². The van der Waals surface area contributed by atoms with Crippen LogP contribution in [0.1, 0.15) is 0 Å². The topological polar surface area (TPSA) is 29.5 Å². The Balaban J connectivity index is 1.23. The van der Waals surface area contributed by atoms with Crippen LogP contribution in [0.3, 0.4) is 0 Å². The van der Waals surface area contributed by atoms with Gasteiger partial charge in [0.25, 0.3) is 0 Å². The number of furan rings is 2. The van der Waals surface area contributed by atoms with E-state index in [1.807, 2.05) is 12.1 Å². The summed E-state index contributed by atoms with van der Waals surface area (Å²) in [7, 11) is 0. The Hall–Kier alpha value is -6.32. The maximum Gasteiger partial charge on any atom is 0.143 e. The van der Waals surface area contributed by atoms with Gasteiger partial charge in [-0.25, -0.2) is 0 Å². The maximum absolute atomic E-state index is 6.47. The molecule has 10 aromatic rings. The number of para-hydroxylation sites is 2. The molecule has 0 saturated heterocycles. The number of hydrogen-bond donors (Lipinski definition) is 0. The highest BCUT2D eigenvalue weighted by Gasteiger charge is 2.21. The zero-order chi connectivity index (χ0) is 30.9. The molecule has 0 aliphatic heterocycles. The van der Waals surface area contributed by atoms with E-state index in [2.05, 4.69) is 157 Å². The molecule has 0 unspecified atom stereocenters. The van der Waals surface area contributed by atoms with Gasteiger partial charge >= 0.3 is 0 Å². The normalized spacial score (nSPS) is 11.8. The second kappa shape index (κ2) is 10.1. The van der Waals surface area contributed by atoms with E-state index in [1.54, 1.807) is 0 Å².